The Morgan fingerprint density at radius 3 is 2.96 bits per heavy atom. The van der Waals surface area contributed by atoms with Crippen molar-refractivity contribution in [3.8, 4) is 0 Å². The van der Waals surface area contributed by atoms with Crippen LogP contribution >= 0.6 is 0 Å². The van der Waals surface area contributed by atoms with Crippen molar-refractivity contribution >= 4 is 22.5 Å². The maximum atomic E-state index is 11.2. The third-order valence-electron chi connectivity index (χ3n) is 4.27. The number of carbonyl (C=O) groups excluding carboxylic acids is 1. The van der Waals surface area contributed by atoms with E-state index in [1.165, 1.54) is 6.20 Å². The summed E-state index contributed by atoms with van der Waals surface area (Å²) in [6, 6.07) is 8.30. The molecule has 3 aromatic rings. The Labute approximate surface area is 132 Å². The highest BCUT2D eigenvalue weighted by Crippen LogP contribution is 2.29. The van der Waals surface area contributed by atoms with E-state index in [4.69, 9.17) is 5.73 Å². The van der Waals surface area contributed by atoms with Gasteiger partial charge in [-0.25, -0.2) is 0 Å². The van der Waals surface area contributed by atoms with E-state index < -0.39 is 5.91 Å². The molecule has 0 radical (unpaired) electrons. The Balaban J connectivity index is 1.61. The number of amides is 1. The van der Waals surface area contributed by atoms with Crippen molar-refractivity contribution in [2.24, 2.45) is 5.73 Å². The number of anilines is 1. The van der Waals surface area contributed by atoms with Crippen LogP contribution in [0.25, 0.3) is 10.8 Å². The van der Waals surface area contributed by atoms with Crippen molar-refractivity contribution in [3.05, 3.63) is 48.4 Å². The third-order valence-corrected chi connectivity index (χ3v) is 4.27. The van der Waals surface area contributed by atoms with E-state index in [0.717, 1.165) is 36.1 Å². The normalized spacial score (nSPS) is 17.7. The SMILES string of the molecule is NC(=O)c1cnn(C2CCN(c3nncc4ccccc34)C2)c1. The average molecular weight is 308 g/mol. The number of hydrogen-bond donors (Lipinski definition) is 1. The van der Waals surface area contributed by atoms with Crippen LogP contribution in [0.1, 0.15) is 22.8 Å². The van der Waals surface area contributed by atoms with Crippen LogP contribution < -0.4 is 10.6 Å². The van der Waals surface area contributed by atoms with Crippen molar-refractivity contribution in [1.82, 2.24) is 20.0 Å². The lowest BCUT2D eigenvalue weighted by Gasteiger charge is -2.18. The Morgan fingerprint density at radius 2 is 2.13 bits per heavy atom. The van der Waals surface area contributed by atoms with E-state index in [1.807, 2.05) is 22.9 Å². The molecule has 0 aliphatic carbocycles. The Hall–Kier alpha value is -2.96. The van der Waals surface area contributed by atoms with Crippen molar-refractivity contribution in [2.75, 3.05) is 18.0 Å². The fraction of sp³-hybridized carbons (Fsp3) is 0.250. The lowest BCUT2D eigenvalue weighted by Crippen LogP contribution is -2.22. The van der Waals surface area contributed by atoms with Gasteiger partial charge in [0.15, 0.2) is 5.82 Å². The van der Waals surface area contributed by atoms with Gasteiger partial charge >= 0.3 is 0 Å². The smallest absolute Gasteiger partial charge is 0.251 e. The Kier molecular flexibility index (Phi) is 3.18. The molecule has 2 N–H and O–H groups in total. The number of rotatable bonds is 3. The van der Waals surface area contributed by atoms with Crippen molar-refractivity contribution in [1.29, 1.82) is 0 Å². The minimum absolute atomic E-state index is 0.198. The topological polar surface area (TPSA) is 89.9 Å². The number of nitrogens with two attached hydrogens (primary N) is 1. The number of carbonyl (C=O) groups is 1. The molecule has 1 aliphatic heterocycles. The first-order valence-electron chi connectivity index (χ1n) is 7.52. The zero-order valence-electron chi connectivity index (χ0n) is 12.5. The first kappa shape index (κ1) is 13.7. The highest BCUT2D eigenvalue weighted by Gasteiger charge is 2.27. The van der Waals surface area contributed by atoms with E-state index in [-0.39, 0.29) is 6.04 Å². The fourth-order valence-electron chi connectivity index (χ4n) is 3.06. The summed E-state index contributed by atoms with van der Waals surface area (Å²) in [6.45, 7) is 1.65. The number of aromatic nitrogens is 4. The fourth-order valence-corrected chi connectivity index (χ4v) is 3.06. The lowest BCUT2D eigenvalue weighted by molar-refractivity contribution is 0.1000. The van der Waals surface area contributed by atoms with Gasteiger partial charge in [0.1, 0.15) is 0 Å². The molecule has 4 rings (SSSR count). The molecule has 0 bridgehead atoms. The summed E-state index contributed by atoms with van der Waals surface area (Å²) >= 11 is 0. The van der Waals surface area contributed by atoms with E-state index in [9.17, 15) is 4.79 Å². The first-order valence-corrected chi connectivity index (χ1v) is 7.52. The molecule has 23 heavy (non-hydrogen) atoms. The van der Waals surface area contributed by atoms with Gasteiger partial charge in [-0.3, -0.25) is 9.48 Å². The van der Waals surface area contributed by atoms with Gasteiger partial charge in [-0.1, -0.05) is 24.3 Å². The Bertz CT molecular complexity index is 868. The summed E-state index contributed by atoms with van der Waals surface area (Å²) in [5.41, 5.74) is 5.72. The van der Waals surface area contributed by atoms with E-state index in [0.29, 0.717) is 5.56 Å². The molecule has 1 fully saturated rings. The number of hydrogen-bond acceptors (Lipinski definition) is 5. The molecule has 1 aromatic carbocycles. The van der Waals surface area contributed by atoms with Gasteiger partial charge in [-0.2, -0.15) is 10.2 Å². The van der Waals surface area contributed by atoms with E-state index >= 15 is 0 Å². The summed E-state index contributed by atoms with van der Waals surface area (Å²) in [5, 5.41) is 14.9. The molecule has 1 atom stereocenters. The molecular weight excluding hydrogens is 292 g/mol. The van der Waals surface area contributed by atoms with Gasteiger partial charge in [0, 0.05) is 30.1 Å². The van der Waals surface area contributed by atoms with Crippen LogP contribution in [0.4, 0.5) is 5.82 Å². The minimum atomic E-state index is -0.453. The molecule has 7 nitrogen and oxygen atoms in total. The monoisotopic (exact) mass is 308 g/mol. The number of nitrogens with zero attached hydrogens (tertiary/aromatic N) is 5. The summed E-state index contributed by atoms with van der Waals surface area (Å²) in [4.78, 5) is 13.4. The van der Waals surface area contributed by atoms with E-state index in [1.54, 1.807) is 12.4 Å². The molecule has 1 saturated heterocycles. The maximum Gasteiger partial charge on any atom is 0.251 e. The van der Waals surface area contributed by atoms with Gasteiger partial charge in [0.2, 0.25) is 0 Å². The molecule has 1 amide bonds. The van der Waals surface area contributed by atoms with Crippen LogP contribution in [0.3, 0.4) is 0 Å². The quantitative estimate of drug-likeness (QED) is 0.789. The zero-order valence-corrected chi connectivity index (χ0v) is 12.5. The number of benzene rings is 1. The summed E-state index contributed by atoms with van der Waals surface area (Å²) in [7, 11) is 0. The molecule has 0 saturated carbocycles. The van der Waals surface area contributed by atoms with Gasteiger partial charge in [-0.05, 0) is 6.42 Å². The molecule has 1 aliphatic rings. The number of fused-ring (bicyclic) bond motifs is 1. The molecule has 1 unspecified atom stereocenters. The standard InChI is InChI=1S/C16H16N6O/c17-15(23)12-8-19-22(9-12)13-5-6-21(10-13)16-14-4-2-1-3-11(14)7-18-20-16/h1-4,7-9,13H,5-6,10H2,(H2,17,23). The minimum Gasteiger partial charge on any atom is -0.366 e. The van der Waals surface area contributed by atoms with Crippen LogP contribution in [0, 0.1) is 0 Å². The highest BCUT2D eigenvalue weighted by atomic mass is 16.1. The van der Waals surface area contributed by atoms with Gasteiger partial charge in [0.05, 0.1) is 24.0 Å². The number of primary amides is 1. The zero-order chi connectivity index (χ0) is 15.8. The summed E-state index contributed by atoms with van der Waals surface area (Å²) in [6.07, 6.45) is 5.94. The van der Waals surface area contributed by atoms with Crippen LogP contribution in [-0.4, -0.2) is 39.0 Å². The average Bonchev–Trinajstić information content (AvgIpc) is 3.23. The molecule has 3 heterocycles. The van der Waals surface area contributed by atoms with Gasteiger partial charge in [-0.15, -0.1) is 5.10 Å². The molecular formula is C16H16N6O. The van der Waals surface area contributed by atoms with Crippen molar-refractivity contribution < 1.29 is 4.79 Å². The summed E-state index contributed by atoms with van der Waals surface area (Å²) < 4.78 is 1.82. The van der Waals surface area contributed by atoms with Crippen molar-refractivity contribution in [3.63, 3.8) is 0 Å². The highest BCUT2D eigenvalue weighted by molar-refractivity contribution is 5.92. The third kappa shape index (κ3) is 2.40. The molecule has 116 valence electrons. The van der Waals surface area contributed by atoms with Crippen LogP contribution in [0.15, 0.2) is 42.9 Å². The van der Waals surface area contributed by atoms with Gasteiger partial charge < -0.3 is 10.6 Å². The van der Waals surface area contributed by atoms with Gasteiger partial charge in [0.25, 0.3) is 5.91 Å². The molecule has 0 spiro atoms. The predicted molar refractivity (Wildman–Crippen MR) is 86.1 cm³/mol. The first-order chi connectivity index (χ1) is 11.2. The van der Waals surface area contributed by atoms with Crippen molar-refractivity contribution in [2.45, 2.75) is 12.5 Å². The van der Waals surface area contributed by atoms with E-state index in [2.05, 4.69) is 26.3 Å². The Morgan fingerprint density at radius 1 is 1.26 bits per heavy atom. The van der Waals surface area contributed by atoms with Crippen LogP contribution in [0.5, 0.6) is 0 Å². The molecule has 2 aromatic heterocycles. The maximum absolute atomic E-state index is 11.2. The molecule has 7 heteroatoms. The predicted octanol–water partition coefficient (Wildman–Crippen LogP) is 1.38. The second-order valence-electron chi connectivity index (χ2n) is 5.72. The largest absolute Gasteiger partial charge is 0.366 e. The van der Waals surface area contributed by atoms with Crippen LogP contribution in [-0.2, 0) is 0 Å². The van der Waals surface area contributed by atoms with Crippen LogP contribution in [0.2, 0.25) is 0 Å². The second-order valence-corrected chi connectivity index (χ2v) is 5.72. The lowest BCUT2D eigenvalue weighted by atomic mass is 10.2. The summed E-state index contributed by atoms with van der Waals surface area (Å²) in [5.74, 6) is 0.443. The second kappa shape index (κ2) is 5.35.